The Hall–Kier alpha value is -1.95. The van der Waals surface area contributed by atoms with Gasteiger partial charge in [0.2, 0.25) is 5.91 Å². The van der Waals surface area contributed by atoms with E-state index in [-0.39, 0.29) is 12.5 Å². The molecule has 20 heavy (non-hydrogen) atoms. The maximum absolute atomic E-state index is 12.8. The second-order valence-corrected chi connectivity index (χ2v) is 4.75. The second kappa shape index (κ2) is 6.47. The fraction of sp³-hybridized carbons (Fsp3) is 0.429. The Morgan fingerprint density at radius 2 is 2.10 bits per heavy atom. The minimum absolute atomic E-state index is 0.280. The molecule has 1 fully saturated rings. The van der Waals surface area contributed by atoms with Gasteiger partial charge in [-0.2, -0.15) is 0 Å². The fourth-order valence-electron chi connectivity index (χ4n) is 2.27. The molecule has 2 atom stereocenters. The van der Waals surface area contributed by atoms with Crippen molar-refractivity contribution in [1.82, 2.24) is 0 Å². The van der Waals surface area contributed by atoms with E-state index in [2.05, 4.69) is 5.32 Å². The molecule has 1 aliphatic rings. The molecular formula is C14H16FNO4. The van der Waals surface area contributed by atoms with Crippen molar-refractivity contribution >= 4 is 17.6 Å². The molecule has 1 aromatic carbocycles. The second-order valence-electron chi connectivity index (χ2n) is 4.75. The van der Waals surface area contributed by atoms with Crippen LogP contribution in [-0.2, 0) is 14.3 Å². The number of halogens is 1. The van der Waals surface area contributed by atoms with Crippen molar-refractivity contribution in [3.05, 3.63) is 30.1 Å². The molecule has 0 aromatic heterocycles. The third-order valence-electron chi connectivity index (χ3n) is 3.26. The summed E-state index contributed by atoms with van der Waals surface area (Å²) in [5.74, 6) is -2.59. The molecule has 1 amide bonds. The minimum Gasteiger partial charge on any atom is -0.481 e. The third kappa shape index (κ3) is 3.77. The van der Waals surface area contributed by atoms with Gasteiger partial charge in [-0.05, 0) is 37.1 Å². The summed E-state index contributed by atoms with van der Waals surface area (Å²) in [6, 6.07) is 5.32. The van der Waals surface area contributed by atoms with Crippen molar-refractivity contribution in [3.63, 3.8) is 0 Å². The van der Waals surface area contributed by atoms with E-state index in [9.17, 15) is 14.0 Å². The average Bonchev–Trinajstić information content (AvgIpc) is 2.92. The Morgan fingerprint density at radius 1 is 1.40 bits per heavy atom. The maximum atomic E-state index is 12.8. The molecule has 2 N–H and O–H groups in total. The zero-order chi connectivity index (χ0) is 14.5. The molecule has 1 saturated heterocycles. The number of carboxylic acids is 1. The zero-order valence-electron chi connectivity index (χ0n) is 10.8. The topological polar surface area (TPSA) is 75.6 Å². The molecule has 108 valence electrons. The van der Waals surface area contributed by atoms with Gasteiger partial charge < -0.3 is 15.2 Å². The third-order valence-corrected chi connectivity index (χ3v) is 3.26. The average molecular weight is 281 g/mol. The van der Waals surface area contributed by atoms with Crippen LogP contribution in [0.15, 0.2) is 24.3 Å². The summed E-state index contributed by atoms with van der Waals surface area (Å²) in [4.78, 5) is 23.1. The molecule has 0 bridgehead atoms. The Bertz CT molecular complexity index is 482. The largest absolute Gasteiger partial charge is 0.481 e. The standard InChI is InChI=1S/C14H16FNO4/c15-9-3-5-10(6-4-9)16-14(19)11(8-13(17)18)12-2-1-7-20-12/h3-6,11-12H,1-2,7-8H2,(H,16,19)(H,17,18)/t11-,12+/m0/s1. The lowest BCUT2D eigenvalue weighted by Crippen LogP contribution is -2.34. The lowest BCUT2D eigenvalue weighted by atomic mass is 9.95. The summed E-state index contributed by atoms with van der Waals surface area (Å²) < 4.78 is 18.2. The molecular weight excluding hydrogens is 265 g/mol. The summed E-state index contributed by atoms with van der Waals surface area (Å²) >= 11 is 0. The van der Waals surface area contributed by atoms with Gasteiger partial charge in [0.05, 0.1) is 18.4 Å². The fourth-order valence-corrected chi connectivity index (χ4v) is 2.27. The summed E-state index contributed by atoms with van der Waals surface area (Å²) in [7, 11) is 0. The van der Waals surface area contributed by atoms with Gasteiger partial charge in [0, 0.05) is 12.3 Å². The maximum Gasteiger partial charge on any atom is 0.304 e. The number of anilines is 1. The van der Waals surface area contributed by atoms with Crippen LogP contribution in [0.4, 0.5) is 10.1 Å². The van der Waals surface area contributed by atoms with Crippen LogP contribution in [0, 0.1) is 11.7 Å². The van der Waals surface area contributed by atoms with Crippen LogP contribution >= 0.6 is 0 Å². The Kier molecular flexibility index (Phi) is 4.68. The van der Waals surface area contributed by atoms with E-state index in [1.807, 2.05) is 0 Å². The van der Waals surface area contributed by atoms with Crippen LogP contribution in [0.3, 0.4) is 0 Å². The van der Waals surface area contributed by atoms with E-state index < -0.39 is 23.6 Å². The van der Waals surface area contributed by atoms with Crippen molar-refractivity contribution in [2.75, 3.05) is 11.9 Å². The zero-order valence-corrected chi connectivity index (χ0v) is 10.8. The van der Waals surface area contributed by atoms with E-state index in [1.165, 1.54) is 24.3 Å². The number of carbonyl (C=O) groups is 2. The number of aliphatic carboxylic acids is 1. The van der Waals surface area contributed by atoms with Gasteiger partial charge in [0.15, 0.2) is 0 Å². The van der Waals surface area contributed by atoms with Gasteiger partial charge >= 0.3 is 5.97 Å². The predicted molar refractivity (Wildman–Crippen MR) is 69.7 cm³/mol. The number of carboxylic acid groups (broad SMARTS) is 1. The van der Waals surface area contributed by atoms with E-state index in [0.717, 1.165) is 6.42 Å². The summed E-state index contributed by atoms with van der Waals surface area (Å²) in [5.41, 5.74) is 0.435. The number of benzene rings is 1. The van der Waals surface area contributed by atoms with Crippen molar-refractivity contribution in [2.45, 2.75) is 25.4 Å². The van der Waals surface area contributed by atoms with Crippen LogP contribution < -0.4 is 5.32 Å². The first-order chi connectivity index (χ1) is 9.56. The van der Waals surface area contributed by atoms with Crippen LogP contribution in [0.1, 0.15) is 19.3 Å². The van der Waals surface area contributed by atoms with Crippen molar-refractivity contribution < 1.29 is 23.8 Å². The SMILES string of the molecule is O=C(O)C[C@H](C(=O)Nc1ccc(F)cc1)[C@H]1CCCO1. The Balaban J connectivity index is 2.05. The van der Waals surface area contributed by atoms with Crippen molar-refractivity contribution in [2.24, 2.45) is 5.92 Å². The molecule has 1 heterocycles. The first kappa shape index (κ1) is 14.5. The van der Waals surface area contributed by atoms with Gasteiger partial charge in [0.1, 0.15) is 5.82 Å². The van der Waals surface area contributed by atoms with Gasteiger partial charge in [-0.15, -0.1) is 0 Å². The molecule has 1 aliphatic heterocycles. The first-order valence-electron chi connectivity index (χ1n) is 6.46. The molecule has 0 aliphatic carbocycles. The van der Waals surface area contributed by atoms with Crippen molar-refractivity contribution in [3.8, 4) is 0 Å². The Labute approximate surface area is 115 Å². The summed E-state index contributed by atoms with van der Waals surface area (Å²) in [6.45, 7) is 0.546. The number of hydrogen-bond donors (Lipinski definition) is 2. The van der Waals surface area contributed by atoms with Gasteiger partial charge in [-0.25, -0.2) is 4.39 Å². The van der Waals surface area contributed by atoms with Gasteiger partial charge in [0.25, 0.3) is 0 Å². The highest BCUT2D eigenvalue weighted by molar-refractivity contribution is 5.94. The Morgan fingerprint density at radius 3 is 2.65 bits per heavy atom. The van der Waals surface area contributed by atoms with Gasteiger partial charge in [-0.3, -0.25) is 9.59 Å². The molecule has 6 heteroatoms. The highest BCUT2D eigenvalue weighted by Gasteiger charge is 2.33. The van der Waals surface area contributed by atoms with Crippen LogP contribution in [0.25, 0.3) is 0 Å². The number of rotatable bonds is 5. The van der Waals surface area contributed by atoms with E-state index in [4.69, 9.17) is 9.84 Å². The van der Waals surface area contributed by atoms with E-state index >= 15 is 0 Å². The van der Waals surface area contributed by atoms with E-state index in [1.54, 1.807) is 0 Å². The lowest BCUT2D eigenvalue weighted by molar-refractivity contribution is -0.142. The van der Waals surface area contributed by atoms with Crippen LogP contribution in [-0.4, -0.2) is 29.7 Å². The predicted octanol–water partition coefficient (Wildman–Crippen LogP) is 2.03. The number of ether oxygens (including phenoxy) is 1. The van der Waals surface area contributed by atoms with Crippen LogP contribution in [0.5, 0.6) is 0 Å². The molecule has 1 aromatic rings. The molecule has 0 radical (unpaired) electrons. The summed E-state index contributed by atoms with van der Waals surface area (Å²) in [6.07, 6.45) is 0.850. The molecule has 0 spiro atoms. The highest BCUT2D eigenvalue weighted by atomic mass is 19.1. The highest BCUT2D eigenvalue weighted by Crippen LogP contribution is 2.24. The number of amides is 1. The number of hydrogen-bond acceptors (Lipinski definition) is 3. The first-order valence-corrected chi connectivity index (χ1v) is 6.46. The minimum atomic E-state index is -1.04. The normalized spacial score (nSPS) is 19.6. The quantitative estimate of drug-likeness (QED) is 0.866. The molecule has 2 rings (SSSR count). The lowest BCUT2D eigenvalue weighted by Gasteiger charge is -2.20. The number of carbonyl (C=O) groups excluding carboxylic acids is 1. The van der Waals surface area contributed by atoms with Crippen molar-refractivity contribution in [1.29, 1.82) is 0 Å². The monoisotopic (exact) mass is 281 g/mol. The van der Waals surface area contributed by atoms with Gasteiger partial charge in [-0.1, -0.05) is 0 Å². The van der Waals surface area contributed by atoms with Crippen LogP contribution in [0.2, 0.25) is 0 Å². The molecule has 5 nitrogen and oxygen atoms in total. The molecule has 0 unspecified atom stereocenters. The smallest absolute Gasteiger partial charge is 0.304 e. The summed E-state index contributed by atoms with van der Waals surface area (Å²) in [5, 5.41) is 11.5. The molecule has 0 saturated carbocycles. The van der Waals surface area contributed by atoms with E-state index in [0.29, 0.717) is 18.7 Å². The number of nitrogens with one attached hydrogen (secondary N) is 1.